The van der Waals surface area contributed by atoms with Gasteiger partial charge in [-0.05, 0) is 25.0 Å². The van der Waals surface area contributed by atoms with E-state index in [2.05, 4.69) is 20.6 Å². The molecule has 1 aliphatic rings. The monoisotopic (exact) mass is 288 g/mol. The highest BCUT2D eigenvalue weighted by atomic mass is 16.5. The molecule has 0 bridgehead atoms. The fourth-order valence-electron chi connectivity index (χ4n) is 2.47. The third-order valence-electron chi connectivity index (χ3n) is 3.52. The van der Waals surface area contributed by atoms with Crippen molar-refractivity contribution in [1.82, 2.24) is 9.97 Å². The molecule has 3 N–H and O–H groups in total. The van der Waals surface area contributed by atoms with Crippen molar-refractivity contribution in [2.75, 3.05) is 36.9 Å². The average molecular weight is 288 g/mol. The van der Waals surface area contributed by atoms with Crippen LogP contribution < -0.4 is 10.6 Å². The maximum Gasteiger partial charge on any atom is 0.225 e. The molecule has 2 aromatic rings. The molecule has 1 atom stereocenters. The number of nitrogens with one attached hydrogen (secondary N) is 2. The van der Waals surface area contributed by atoms with Crippen LogP contribution in [0.4, 0.5) is 11.8 Å². The Morgan fingerprint density at radius 2 is 2.14 bits per heavy atom. The average Bonchev–Trinajstić information content (AvgIpc) is 3.04. The second kappa shape index (κ2) is 6.69. The van der Waals surface area contributed by atoms with E-state index in [4.69, 9.17) is 9.84 Å². The molecule has 2 heterocycles. The summed E-state index contributed by atoms with van der Waals surface area (Å²) in [4.78, 5) is 8.95. The van der Waals surface area contributed by atoms with Gasteiger partial charge in [0.15, 0.2) is 0 Å². The molecule has 0 saturated carbocycles. The minimum Gasteiger partial charge on any atom is -0.395 e. The summed E-state index contributed by atoms with van der Waals surface area (Å²) < 4.78 is 5.63. The first kappa shape index (κ1) is 14.0. The van der Waals surface area contributed by atoms with Crippen LogP contribution in [0.2, 0.25) is 0 Å². The van der Waals surface area contributed by atoms with Crippen LogP contribution in [0.25, 0.3) is 10.9 Å². The first-order valence-corrected chi connectivity index (χ1v) is 7.34. The number of aliphatic hydroxyl groups is 1. The summed E-state index contributed by atoms with van der Waals surface area (Å²) >= 11 is 0. The molecule has 6 heteroatoms. The molecular weight excluding hydrogens is 268 g/mol. The first-order chi connectivity index (χ1) is 10.4. The van der Waals surface area contributed by atoms with Gasteiger partial charge < -0.3 is 20.5 Å². The van der Waals surface area contributed by atoms with Crippen LogP contribution in [0.5, 0.6) is 0 Å². The molecule has 0 spiro atoms. The Bertz CT molecular complexity index is 599. The maximum atomic E-state index is 8.91. The van der Waals surface area contributed by atoms with E-state index in [0.29, 0.717) is 12.5 Å². The highest BCUT2D eigenvalue weighted by Crippen LogP contribution is 2.22. The Hall–Kier alpha value is -1.92. The van der Waals surface area contributed by atoms with E-state index in [-0.39, 0.29) is 12.7 Å². The molecule has 3 rings (SSSR count). The molecule has 0 unspecified atom stereocenters. The van der Waals surface area contributed by atoms with Crippen LogP contribution in [0.1, 0.15) is 12.8 Å². The fraction of sp³-hybridized carbons (Fsp3) is 0.467. The van der Waals surface area contributed by atoms with Crippen molar-refractivity contribution in [3.63, 3.8) is 0 Å². The number of rotatable bonds is 6. The number of aliphatic hydroxyl groups excluding tert-OH is 1. The highest BCUT2D eigenvalue weighted by molar-refractivity contribution is 5.90. The van der Waals surface area contributed by atoms with E-state index in [1.54, 1.807) is 0 Å². The molecular formula is C15H20N4O2. The number of aromatic nitrogens is 2. The number of hydrogen-bond acceptors (Lipinski definition) is 6. The Morgan fingerprint density at radius 1 is 1.24 bits per heavy atom. The first-order valence-electron chi connectivity index (χ1n) is 7.34. The van der Waals surface area contributed by atoms with E-state index in [0.717, 1.165) is 42.7 Å². The van der Waals surface area contributed by atoms with Gasteiger partial charge in [0.1, 0.15) is 5.82 Å². The largest absolute Gasteiger partial charge is 0.395 e. The molecule has 1 fully saturated rings. The molecule has 1 aromatic carbocycles. The van der Waals surface area contributed by atoms with Crippen molar-refractivity contribution >= 4 is 22.7 Å². The van der Waals surface area contributed by atoms with Gasteiger partial charge in [-0.2, -0.15) is 4.98 Å². The summed E-state index contributed by atoms with van der Waals surface area (Å²) in [6.45, 7) is 2.08. The van der Waals surface area contributed by atoms with Crippen LogP contribution in [0.3, 0.4) is 0 Å². The second-order valence-electron chi connectivity index (χ2n) is 5.08. The third-order valence-corrected chi connectivity index (χ3v) is 3.52. The smallest absolute Gasteiger partial charge is 0.225 e. The Labute approximate surface area is 123 Å². The lowest BCUT2D eigenvalue weighted by atomic mass is 10.2. The van der Waals surface area contributed by atoms with Gasteiger partial charge in [0.05, 0.1) is 18.2 Å². The molecule has 112 valence electrons. The summed E-state index contributed by atoms with van der Waals surface area (Å²) in [5.41, 5.74) is 0.878. The summed E-state index contributed by atoms with van der Waals surface area (Å²) in [6.07, 6.45) is 2.47. The van der Waals surface area contributed by atoms with E-state index < -0.39 is 0 Å². The van der Waals surface area contributed by atoms with Crippen molar-refractivity contribution in [2.45, 2.75) is 18.9 Å². The lowest BCUT2D eigenvalue weighted by Crippen LogP contribution is -2.19. The minimum atomic E-state index is 0.0505. The van der Waals surface area contributed by atoms with Gasteiger partial charge in [0.25, 0.3) is 0 Å². The lowest BCUT2D eigenvalue weighted by molar-refractivity contribution is 0.120. The third kappa shape index (κ3) is 3.40. The van der Waals surface area contributed by atoms with Gasteiger partial charge in [-0.25, -0.2) is 4.98 Å². The van der Waals surface area contributed by atoms with Gasteiger partial charge in [-0.15, -0.1) is 0 Å². The van der Waals surface area contributed by atoms with Crippen molar-refractivity contribution in [3.05, 3.63) is 24.3 Å². The zero-order valence-electron chi connectivity index (χ0n) is 11.9. The number of para-hydroxylation sites is 1. The summed E-state index contributed by atoms with van der Waals surface area (Å²) in [7, 11) is 0. The van der Waals surface area contributed by atoms with Crippen LogP contribution in [-0.2, 0) is 4.74 Å². The SMILES string of the molecule is OCCNc1nc(NC[C@H]2CCCO2)c2ccccc2n1. The Kier molecular flexibility index (Phi) is 4.47. The molecule has 0 aliphatic carbocycles. The normalized spacial score (nSPS) is 18.0. The summed E-state index contributed by atoms with van der Waals surface area (Å²) in [5.74, 6) is 1.33. The van der Waals surface area contributed by atoms with Gasteiger partial charge in [0, 0.05) is 25.1 Å². The molecule has 1 aliphatic heterocycles. The van der Waals surface area contributed by atoms with E-state index >= 15 is 0 Å². The van der Waals surface area contributed by atoms with E-state index in [9.17, 15) is 0 Å². The fourth-order valence-corrected chi connectivity index (χ4v) is 2.47. The van der Waals surface area contributed by atoms with Gasteiger partial charge >= 0.3 is 0 Å². The van der Waals surface area contributed by atoms with Crippen LogP contribution >= 0.6 is 0 Å². The predicted octanol–water partition coefficient (Wildman–Crippen LogP) is 1.62. The number of nitrogens with zero attached hydrogens (tertiary/aromatic N) is 2. The standard InChI is InChI=1S/C15H20N4O2/c20-8-7-16-15-18-13-6-2-1-5-12(13)14(19-15)17-10-11-4-3-9-21-11/h1-2,5-6,11,20H,3-4,7-10H2,(H2,16,17,18,19)/t11-/m1/s1. The predicted molar refractivity (Wildman–Crippen MR) is 82.6 cm³/mol. The topological polar surface area (TPSA) is 79.3 Å². The minimum absolute atomic E-state index is 0.0505. The molecule has 0 radical (unpaired) electrons. The summed E-state index contributed by atoms with van der Waals surface area (Å²) in [6, 6.07) is 7.89. The van der Waals surface area contributed by atoms with Crippen molar-refractivity contribution in [1.29, 1.82) is 0 Å². The van der Waals surface area contributed by atoms with Gasteiger partial charge in [0.2, 0.25) is 5.95 Å². The number of ether oxygens (including phenoxy) is 1. The quantitative estimate of drug-likeness (QED) is 0.749. The highest BCUT2D eigenvalue weighted by Gasteiger charge is 2.16. The zero-order valence-corrected chi connectivity index (χ0v) is 11.9. The zero-order chi connectivity index (χ0) is 14.5. The number of hydrogen-bond donors (Lipinski definition) is 3. The van der Waals surface area contributed by atoms with Crippen molar-refractivity contribution < 1.29 is 9.84 Å². The molecule has 0 amide bonds. The van der Waals surface area contributed by atoms with Gasteiger partial charge in [-0.1, -0.05) is 12.1 Å². The summed E-state index contributed by atoms with van der Waals surface area (Å²) in [5, 5.41) is 16.3. The van der Waals surface area contributed by atoms with Crippen molar-refractivity contribution in [2.24, 2.45) is 0 Å². The lowest BCUT2D eigenvalue weighted by Gasteiger charge is -2.14. The number of anilines is 2. The second-order valence-corrected chi connectivity index (χ2v) is 5.08. The number of benzene rings is 1. The van der Waals surface area contributed by atoms with E-state index in [1.807, 2.05) is 24.3 Å². The molecule has 21 heavy (non-hydrogen) atoms. The van der Waals surface area contributed by atoms with Crippen LogP contribution in [0, 0.1) is 0 Å². The van der Waals surface area contributed by atoms with Crippen LogP contribution in [-0.4, -0.2) is 47.5 Å². The maximum absolute atomic E-state index is 8.91. The Balaban J connectivity index is 1.82. The van der Waals surface area contributed by atoms with Gasteiger partial charge in [-0.3, -0.25) is 0 Å². The molecule has 6 nitrogen and oxygen atoms in total. The molecule has 1 saturated heterocycles. The molecule has 1 aromatic heterocycles. The number of fused-ring (bicyclic) bond motifs is 1. The Morgan fingerprint density at radius 3 is 2.95 bits per heavy atom. The van der Waals surface area contributed by atoms with E-state index in [1.165, 1.54) is 0 Å². The van der Waals surface area contributed by atoms with Crippen LogP contribution in [0.15, 0.2) is 24.3 Å². The van der Waals surface area contributed by atoms with Crippen molar-refractivity contribution in [3.8, 4) is 0 Å².